The van der Waals surface area contributed by atoms with Crippen LogP contribution >= 0.6 is 11.3 Å². The molecule has 0 aliphatic heterocycles. The number of hydrogen-bond donors (Lipinski definition) is 1. The van der Waals surface area contributed by atoms with Crippen LogP contribution in [0, 0.1) is 13.8 Å². The SMILES string of the molecule is CCCNCc1sc(C)cc1C. The summed E-state index contributed by atoms with van der Waals surface area (Å²) in [5.74, 6) is 0. The third-order valence-electron chi connectivity index (χ3n) is 1.86. The molecule has 1 aromatic heterocycles. The second-order valence-corrected chi connectivity index (χ2v) is 4.48. The maximum atomic E-state index is 3.42. The monoisotopic (exact) mass is 183 g/mol. The predicted octanol–water partition coefficient (Wildman–Crippen LogP) is 2.86. The van der Waals surface area contributed by atoms with Crippen LogP contribution in [0.4, 0.5) is 0 Å². The zero-order chi connectivity index (χ0) is 8.97. The van der Waals surface area contributed by atoms with Crippen LogP contribution in [-0.2, 0) is 6.54 Å². The van der Waals surface area contributed by atoms with Gasteiger partial charge in [0.2, 0.25) is 0 Å². The van der Waals surface area contributed by atoms with E-state index in [0.717, 1.165) is 13.1 Å². The molecule has 0 atom stereocenters. The van der Waals surface area contributed by atoms with E-state index < -0.39 is 0 Å². The molecule has 0 aromatic carbocycles. The third-order valence-corrected chi connectivity index (χ3v) is 3.01. The number of rotatable bonds is 4. The van der Waals surface area contributed by atoms with Crippen molar-refractivity contribution in [2.75, 3.05) is 6.54 Å². The quantitative estimate of drug-likeness (QED) is 0.708. The highest BCUT2D eigenvalue weighted by Gasteiger charge is 2.00. The average molecular weight is 183 g/mol. The summed E-state index contributed by atoms with van der Waals surface area (Å²) < 4.78 is 0. The number of nitrogens with one attached hydrogen (secondary N) is 1. The van der Waals surface area contributed by atoms with Crippen LogP contribution in [0.1, 0.15) is 28.7 Å². The summed E-state index contributed by atoms with van der Waals surface area (Å²) in [5.41, 5.74) is 1.43. The largest absolute Gasteiger partial charge is 0.312 e. The van der Waals surface area contributed by atoms with Gasteiger partial charge in [-0.1, -0.05) is 6.92 Å². The van der Waals surface area contributed by atoms with Gasteiger partial charge in [0.15, 0.2) is 0 Å². The first-order chi connectivity index (χ1) is 5.74. The average Bonchev–Trinajstić information content (AvgIpc) is 2.31. The Hall–Kier alpha value is -0.340. The van der Waals surface area contributed by atoms with Gasteiger partial charge in [0.25, 0.3) is 0 Å². The Morgan fingerprint density at radius 2 is 2.17 bits per heavy atom. The van der Waals surface area contributed by atoms with Crippen LogP contribution in [0.2, 0.25) is 0 Å². The van der Waals surface area contributed by atoms with Gasteiger partial charge in [0, 0.05) is 16.3 Å². The zero-order valence-corrected chi connectivity index (χ0v) is 8.92. The summed E-state index contributed by atoms with van der Waals surface area (Å²) in [5, 5.41) is 3.42. The molecule has 68 valence electrons. The highest BCUT2D eigenvalue weighted by molar-refractivity contribution is 7.12. The van der Waals surface area contributed by atoms with E-state index in [4.69, 9.17) is 0 Å². The first-order valence-electron chi connectivity index (χ1n) is 4.50. The second-order valence-electron chi connectivity index (χ2n) is 3.14. The summed E-state index contributed by atoms with van der Waals surface area (Å²) in [4.78, 5) is 2.90. The molecule has 1 nitrogen and oxygen atoms in total. The molecule has 0 saturated heterocycles. The van der Waals surface area contributed by atoms with Crippen LogP contribution in [0.25, 0.3) is 0 Å². The molecule has 0 unspecified atom stereocenters. The van der Waals surface area contributed by atoms with Gasteiger partial charge in [0.1, 0.15) is 0 Å². The topological polar surface area (TPSA) is 12.0 Å². The molecule has 0 bridgehead atoms. The van der Waals surface area contributed by atoms with E-state index in [0.29, 0.717) is 0 Å². The summed E-state index contributed by atoms with van der Waals surface area (Å²) in [7, 11) is 0. The first kappa shape index (κ1) is 9.75. The Labute approximate surface area is 78.8 Å². The van der Waals surface area contributed by atoms with Crippen molar-refractivity contribution < 1.29 is 0 Å². The van der Waals surface area contributed by atoms with Gasteiger partial charge in [-0.2, -0.15) is 0 Å². The highest BCUT2D eigenvalue weighted by Crippen LogP contribution is 2.20. The van der Waals surface area contributed by atoms with Gasteiger partial charge in [-0.15, -0.1) is 11.3 Å². The summed E-state index contributed by atoms with van der Waals surface area (Å²) >= 11 is 1.90. The Balaban J connectivity index is 2.45. The molecule has 0 aliphatic rings. The smallest absolute Gasteiger partial charge is 0.0302 e. The fourth-order valence-electron chi connectivity index (χ4n) is 1.24. The lowest BCUT2D eigenvalue weighted by molar-refractivity contribution is 0.680. The number of hydrogen-bond acceptors (Lipinski definition) is 2. The van der Waals surface area contributed by atoms with Crippen molar-refractivity contribution in [3.8, 4) is 0 Å². The van der Waals surface area contributed by atoms with E-state index in [1.165, 1.54) is 21.7 Å². The molecule has 1 N–H and O–H groups in total. The summed E-state index contributed by atoms with van der Waals surface area (Å²) in [6, 6.07) is 2.26. The number of thiophene rings is 1. The predicted molar refractivity (Wildman–Crippen MR) is 55.8 cm³/mol. The van der Waals surface area contributed by atoms with Crippen molar-refractivity contribution in [2.45, 2.75) is 33.7 Å². The van der Waals surface area contributed by atoms with Crippen molar-refractivity contribution in [1.29, 1.82) is 0 Å². The highest BCUT2D eigenvalue weighted by atomic mass is 32.1. The Kier molecular flexibility index (Phi) is 3.76. The van der Waals surface area contributed by atoms with Crippen molar-refractivity contribution in [3.63, 3.8) is 0 Å². The van der Waals surface area contributed by atoms with Gasteiger partial charge < -0.3 is 5.32 Å². The molecule has 0 radical (unpaired) electrons. The molecule has 1 rings (SSSR count). The minimum absolute atomic E-state index is 1.04. The molecule has 0 saturated carbocycles. The van der Waals surface area contributed by atoms with E-state index in [1.54, 1.807) is 0 Å². The van der Waals surface area contributed by atoms with Crippen LogP contribution in [0.5, 0.6) is 0 Å². The van der Waals surface area contributed by atoms with Gasteiger partial charge in [-0.3, -0.25) is 0 Å². The summed E-state index contributed by atoms with van der Waals surface area (Å²) in [6.45, 7) is 8.71. The fourth-order valence-corrected chi connectivity index (χ4v) is 2.26. The van der Waals surface area contributed by atoms with Crippen LogP contribution in [-0.4, -0.2) is 6.54 Å². The van der Waals surface area contributed by atoms with Crippen LogP contribution in [0.15, 0.2) is 6.07 Å². The van der Waals surface area contributed by atoms with Crippen LogP contribution < -0.4 is 5.32 Å². The molecule has 0 amide bonds. The van der Waals surface area contributed by atoms with Crippen molar-refractivity contribution in [1.82, 2.24) is 5.32 Å². The minimum Gasteiger partial charge on any atom is -0.312 e. The van der Waals surface area contributed by atoms with Crippen molar-refractivity contribution >= 4 is 11.3 Å². The molecule has 1 aromatic rings. The third kappa shape index (κ3) is 2.61. The molecule has 0 fully saturated rings. The Morgan fingerprint density at radius 1 is 1.42 bits per heavy atom. The standard InChI is InChI=1S/C10H17NS/c1-4-5-11-7-10-8(2)6-9(3)12-10/h6,11H,4-5,7H2,1-3H3. The van der Waals surface area contributed by atoms with Gasteiger partial charge in [0.05, 0.1) is 0 Å². The maximum absolute atomic E-state index is 3.42. The maximum Gasteiger partial charge on any atom is 0.0302 e. The van der Waals surface area contributed by atoms with E-state index >= 15 is 0 Å². The van der Waals surface area contributed by atoms with E-state index in [-0.39, 0.29) is 0 Å². The van der Waals surface area contributed by atoms with Crippen LogP contribution in [0.3, 0.4) is 0 Å². The zero-order valence-electron chi connectivity index (χ0n) is 8.11. The lowest BCUT2D eigenvalue weighted by Crippen LogP contribution is -2.13. The van der Waals surface area contributed by atoms with Gasteiger partial charge >= 0.3 is 0 Å². The molecular weight excluding hydrogens is 166 g/mol. The first-order valence-corrected chi connectivity index (χ1v) is 5.32. The summed E-state index contributed by atoms with van der Waals surface area (Å²) in [6.07, 6.45) is 1.21. The lowest BCUT2D eigenvalue weighted by atomic mass is 10.2. The van der Waals surface area contributed by atoms with E-state index in [9.17, 15) is 0 Å². The normalized spacial score (nSPS) is 10.6. The van der Waals surface area contributed by atoms with Gasteiger partial charge in [-0.05, 0) is 38.4 Å². The Morgan fingerprint density at radius 3 is 2.67 bits per heavy atom. The second kappa shape index (κ2) is 4.63. The Bertz CT molecular complexity index is 240. The van der Waals surface area contributed by atoms with Crippen molar-refractivity contribution in [2.24, 2.45) is 0 Å². The molecule has 12 heavy (non-hydrogen) atoms. The van der Waals surface area contributed by atoms with E-state index in [2.05, 4.69) is 32.2 Å². The molecule has 2 heteroatoms. The van der Waals surface area contributed by atoms with Gasteiger partial charge in [-0.25, -0.2) is 0 Å². The van der Waals surface area contributed by atoms with E-state index in [1.807, 2.05) is 11.3 Å². The lowest BCUT2D eigenvalue weighted by Gasteiger charge is -2.00. The molecule has 0 aliphatic carbocycles. The molecule has 0 spiro atoms. The minimum atomic E-state index is 1.04. The number of aryl methyl sites for hydroxylation is 2. The molecule has 1 heterocycles. The van der Waals surface area contributed by atoms with Crippen molar-refractivity contribution in [3.05, 3.63) is 21.4 Å². The molecular formula is C10H17NS. The fraction of sp³-hybridized carbons (Fsp3) is 0.600.